The van der Waals surface area contributed by atoms with Crippen LogP contribution in [0.25, 0.3) is 0 Å². The molecule has 1 N–H and O–H groups in total. The molecule has 0 aliphatic heterocycles. The van der Waals surface area contributed by atoms with Crippen LogP contribution in [-0.2, 0) is 15.3 Å². The number of rotatable bonds is 7. The van der Waals surface area contributed by atoms with Crippen LogP contribution in [0.2, 0.25) is 0 Å². The Bertz CT molecular complexity index is 672. The van der Waals surface area contributed by atoms with Gasteiger partial charge in [-0.3, -0.25) is 9.59 Å². The van der Waals surface area contributed by atoms with E-state index in [0.29, 0.717) is 5.75 Å². The molecule has 2 aromatic carbocycles. The Kier molecular flexibility index (Phi) is 6.88. The van der Waals surface area contributed by atoms with E-state index >= 15 is 0 Å². The quantitative estimate of drug-likeness (QED) is 0.840. The van der Waals surface area contributed by atoms with Crippen LogP contribution < -0.4 is 5.32 Å². The predicted octanol–water partition coefficient (Wildman–Crippen LogP) is 3.33. The first-order chi connectivity index (χ1) is 11.5. The summed E-state index contributed by atoms with van der Waals surface area (Å²) in [4.78, 5) is 25.5. The second-order valence-electron chi connectivity index (χ2n) is 5.64. The average Bonchev–Trinajstić information content (AvgIpc) is 2.57. The number of para-hydroxylation sites is 1. The van der Waals surface area contributed by atoms with E-state index in [-0.39, 0.29) is 18.4 Å². The smallest absolute Gasteiger partial charge is 0.243 e. The molecule has 5 heteroatoms. The van der Waals surface area contributed by atoms with Gasteiger partial charge in [-0.2, -0.15) is 0 Å². The van der Waals surface area contributed by atoms with Gasteiger partial charge in [0.2, 0.25) is 11.8 Å². The molecule has 0 atom stereocenters. The van der Waals surface area contributed by atoms with Crippen molar-refractivity contribution in [1.82, 2.24) is 4.90 Å². The van der Waals surface area contributed by atoms with Crippen LogP contribution in [0.1, 0.15) is 11.1 Å². The fourth-order valence-electron chi connectivity index (χ4n) is 2.08. The second kappa shape index (κ2) is 9.13. The molecule has 2 rings (SSSR count). The zero-order valence-electron chi connectivity index (χ0n) is 14.0. The Morgan fingerprint density at radius 1 is 1.04 bits per heavy atom. The lowest BCUT2D eigenvalue weighted by molar-refractivity contribution is -0.131. The fraction of sp³-hybridized carbons (Fsp3) is 0.263. The number of likely N-dealkylation sites (N-methyl/N-ethyl adjacent to an activating group) is 1. The van der Waals surface area contributed by atoms with Crippen LogP contribution in [0, 0.1) is 6.92 Å². The maximum atomic E-state index is 12.1. The van der Waals surface area contributed by atoms with Crippen molar-refractivity contribution in [3.63, 3.8) is 0 Å². The molecule has 0 bridgehead atoms. The fourth-order valence-corrected chi connectivity index (χ4v) is 3.00. The first-order valence-electron chi connectivity index (χ1n) is 7.77. The summed E-state index contributed by atoms with van der Waals surface area (Å²) in [6, 6.07) is 17.5. The van der Waals surface area contributed by atoms with E-state index < -0.39 is 0 Å². The van der Waals surface area contributed by atoms with Crippen molar-refractivity contribution < 1.29 is 9.59 Å². The highest BCUT2D eigenvalue weighted by Gasteiger charge is 2.13. The molecule has 4 nitrogen and oxygen atoms in total. The Morgan fingerprint density at radius 3 is 2.38 bits per heavy atom. The minimum absolute atomic E-state index is 0.0460. The minimum atomic E-state index is -0.194. The second-order valence-corrected chi connectivity index (χ2v) is 6.63. The molecule has 2 aromatic rings. The standard InChI is InChI=1S/C19H22N2O2S/c1-15-8-10-16(11-9-15)13-24-14-19(23)21(2)12-18(22)20-17-6-4-3-5-7-17/h3-11H,12-14H2,1-2H3,(H,20,22). The lowest BCUT2D eigenvalue weighted by atomic mass is 10.2. The zero-order chi connectivity index (χ0) is 17.4. The van der Waals surface area contributed by atoms with Gasteiger partial charge >= 0.3 is 0 Å². The van der Waals surface area contributed by atoms with Crippen molar-refractivity contribution in [1.29, 1.82) is 0 Å². The van der Waals surface area contributed by atoms with Crippen LogP contribution in [0.15, 0.2) is 54.6 Å². The zero-order valence-corrected chi connectivity index (χ0v) is 14.8. The van der Waals surface area contributed by atoms with Crippen molar-refractivity contribution in [2.24, 2.45) is 0 Å². The molecule has 0 aliphatic carbocycles. The molecule has 0 fully saturated rings. The van der Waals surface area contributed by atoms with E-state index in [0.717, 1.165) is 11.4 Å². The van der Waals surface area contributed by atoms with E-state index in [4.69, 9.17) is 0 Å². The molecule has 0 spiro atoms. The number of thioether (sulfide) groups is 1. The summed E-state index contributed by atoms with van der Waals surface area (Å²) < 4.78 is 0. The van der Waals surface area contributed by atoms with Crippen LogP contribution in [-0.4, -0.2) is 36.1 Å². The van der Waals surface area contributed by atoms with Crippen molar-refractivity contribution in [3.05, 3.63) is 65.7 Å². The maximum absolute atomic E-state index is 12.1. The Hall–Kier alpha value is -2.27. The minimum Gasteiger partial charge on any atom is -0.336 e. The number of nitrogens with zero attached hydrogens (tertiary/aromatic N) is 1. The molecular weight excluding hydrogens is 320 g/mol. The number of benzene rings is 2. The number of amides is 2. The number of carbonyl (C=O) groups is 2. The molecule has 0 aliphatic rings. The van der Waals surface area contributed by atoms with Gasteiger partial charge in [-0.05, 0) is 24.6 Å². The number of carbonyl (C=O) groups excluding carboxylic acids is 2. The summed E-state index contributed by atoms with van der Waals surface area (Å²) in [6.07, 6.45) is 0. The molecule has 2 amide bonds. The molecular formula is C19H22N2O2S. The summed E-state index contributed by atoms with van der Waals surface area (Å²) in [5, 5.41) is 2.78. The highest BCUT2D eigenvalue weighted by Crippen LogP contribution is 2.13. The normalized spacial score (nSPS) is 10.2. The average molecular weight is 342 g/mol. The first-order valence-corrected chi connectivity index (χ1v) is 8.92. The van der Waals surface area contributed by atoms with E-state index in [1.807, 2.05) is 30.3 Å². The van der Waals surface area contributed by atoms with Gasteiger partial charge < -0.3 is 10.2 Å². The molecule has 126 valence electrons. The van der Waals surface area contributed by atoms with Gasteiger partial charge in [-0.15, -0.1) is 11.8 Å². The summed E-state index contributed by atoms with van der Waals surface area (Å²) in [7, 11) is 1.65. The predicted molar refractivity (Wildman–Crippen MR) is 100 cm³/mol. The van der Waals surface area contributed by atoms with E-state index in [1.54, 1.807) is 18.8 Å². The lowest BCUT2D eigenvalue weighted by Crippen LogP contribution is -2.35. The highest BCUT2D eigenvalue weighted by molar-refractivity contribution is 7.99. The van der Waals surface area contributed by atoms with Gasteiger partial charge in [0.05, 0.1) is 12.3 Å². The number of hydrogen-bond acceptors (Lipinski definition) is 3. The Morgan fingerprint density at radius 2 is 1.71 bits per heavy atom. The van der Waals surface area contributed by atoms with Crippen molar-refractivity contribution in [2.75, 3.05) is 24.7 Å². The lowest BCUT2D eigenvalue weighted by Gasteiger charge is -2.16. The SMILES string of the molecule is Cc1ccc(CSCC(=O)N(C)CC(=O)Nc2ccccc2)cc1. The van der Waals surface area contributed by atoms with Gasteiger partial charge in [0, 0.05) is 18.5 Å². The third kappa shape index (κ3) is 6.08. The van der Waals surface area contributed by atoms with Crippen molar-refractivity contribution in [3.8, 4) is 0 Å². The maximum Gasteiger partial charge on any atom is 0.243 e. The molecule has 0 saturated heterocycles. The molecule has 0 saturated carbocycles. The van der Waals surface area contributed by atoms with Gasteiger partial charge in [-0.25, -0.2) is 0 Å². The van der Waals surface area contributed by atoms with Gasteiger partial charge in [0.25, 0.3) is 0 Å². The van der Waals surface area contributed by atoms with Crippen molar-refractivity contribution >= 4 is 29.3 Å². The van der Waals surface area contributed by atoms with E-state index in [2.05, 4.69) is 36.5 Å². The van der Waals surface area contributed by atoms with Gasteiger partial charge in [0.1, 0.15) is 0 Å². The van der Waals surface area contributed by atoms with E-state index in [9.17, 15) is 9.59 Å². The Balaban J connectivity index is 1.71. The summed E-state index contributed by atoms with van der Waals surface area (Å²) in [5.41, 5.74) is 3.16. The van der Waals surface area contributed by atoms with Crippen LogP contribution >= 0.6 is 11.8 Å². The molecule has 0 unspecified atom stereocenters. The number of nitrogens with one attached hydrogen (secondary N) is 1. The van der Waals surface area contributed by atoms with Crippen LogP contribution in [0.5, 0.6) is 0 Å². The van der Waals surface area contributed by atoms with Gasteiger partial charge in [-0.1, -0.05) is 48.0 Å². The summed E-state index contributed by atoms with van der Waals surface area (Å²) in [5.74, 6) is 0.912. The molecule has 0 radical (unpaired) electrons. The Labute approximate surface area is 147 Å². The monoisotopic (exact) mass is 342 g/mol. The van der Waals surface area contributed by atoms with Crippen molar-refractivity contribution in [2.45, 2.75) is 12.7 Å². The summed E-state index contributed by atoms with van der Waals surface area (Å²) >= 11 is 1.56. The first kappa shape index (κ1) is 18.1. The number of aryl methyl sites for hydroxylation is 1. The topological polar surface area (TPSA) is 49.4 Å². The number of hydrogen-bond donors (Lipinski definition) is 1. The van der Waals surface area contributed by atoms with Crippen LogP contribution in [0.4, 0.5) is 5.69 Å². The summed E-state index contributed by atoms with van der Waals surface area (Å²) in [6.45, 7) is 2.11. The highest BCUT2D eigenvalue weighted by atomic mass is 32.2. The third-order valence-corrected chi connectivity index (χ3v) is 4.47. The molecule has 0 heterocycles. The molecule has 24 heavy (non-hydrogen) atoms. The third-order valence-electron chi connectivity index (χ3n) is 3.48. The largest absolute Gasteiger partial charge is 0.336 e. The molecule has 0 aromatic heterocycles. The van der Waals surface area contributed by atoms with E-state index in [1.165, 1.54) is 16.0 Å². The van der Waals surface area contributed by atoms with Gasteiger partial charge in [0.15, 0.2) is 0 Å². The number of anilines is 1. The van der Waals surface area contributed by atoms with Crippen LogP contribution in [0.3, 0.4) is 0 Å².